The largest absolute Gasteiger partial charge is 0.493 e. The SMILES string of the molecule is COc1ccc(CNC(=O)NC2CCN(CC(F)(F)F)C2)cc1OC. The van der Waals surface area contributed by atoms with Gasteiger partial charge in [-0.1, -0.05) is 6.07 Å². The molecule has 0 spiro atoms. The lowest BCUT2D eigenvalue weighted by Gasteiger charge is -2.18. The van der Waals surface area contributed by atoms with E-state index in [1.165, 1.54) is 19.1 Å². The van der Waals surface area contributed by atoms with Crippen molar-refractivity contribution in [3.8, 4) is 11.5 Å². The molecule has 2 amide bonds. The number of halogens is 3. The first kappa shape index (κ1) is 19.2. The van der Waals surface area contributed by atoms with Crippen molar-refractivity contribution in [3.63, 3.8) is 0 Å². The zero-order valence-corrected chi connectivity index (χ0v) is 14.2. The zero-order chi connectivity index (χ0) is 18.4. The molecule has 0 saturated carbocycles. The Kier molecular flexibility index (Phi) is 6.35. The number of hydrogen-bond acceptors (Lipinski definition) is 4. The van der Waals surface area contributed by atoms with Crippen LogP contribution in [0.25, 0.3) is 0 Å². The van der Waals surface area contributed by atoms with Gasteiger partial charge < -0.3 is 20.1 Å². The van der Waals surface area contributed by atoms with Gasteiger partial charge in [0, 0.05) is 25.7 Å². The molecule has 9 heteroatoms. The number of nitrogens with one attached hydrogen (secondary N) is 2. The van der Waals surface area contributed by atoms with Crippen LogP contribution in [-0.4, -0.2) is 57.0 Å². The molecule has 1 aliphatic rings. The molecule has 1 heterocycles. The van der Waals surface area contributed by atoms with Crippen LogP contribution >= 0.6 is 0 Å². The molecule has 1 aromatic carbocycles. The van der Waals surface area contributed by atoms with E-state index < -0.39 is 18.8 Å². The number of hydrogen-bond donors (Lipinski definition) is 2. The topological polar surface area (TPSA) is 62.8 Å². The normalized spacial score (nSPS) is 18.0. The van der Waals surface area contributed by atoms with Crippen molar-refractivity contribution in [1.82, 2.24) is 15.5 Å². The summed E-state index contributed by atoms with van der Waals surface area (Å²) in [6.07, 6.45) is -3.72. The van der Waals surface area contributed by atoms with Gasteiger partial charge in [-0.25, -0.2) is 4.79 Å². The van der Waals surface area contributed by atoms with Gasteiger partial charge in [-0.3, -0.25) is 4.90 Å². The summed E-state index contributed by atoms with van der Waals surface area (Å²) in [6.45, 7) is -0.160. The molecule has 25 heavy (non-hydrogen) atoms. The van der Waals surface area contributed by atoms with Gasteiger partial charge in [-0.15, -0.1) is 0 Å². The fourth-order valence-corrected chi connectivity index (χ4v) is 2.76. The molecule has 1 aromatic rings. The van der Waals surface area contributed by atoms with Gasteiger partial charge in [-0.05, 0) is 24.1 Å². The first-order valence-corrected chi connectivity index (χ1v) is 7.85. The predicted molar refractivity (Wildman–Crippen MR) is 85.8 cm³/mol. The number of carbonyl (C=O) groups is 1. The highest BCUT2D eigenvalue weighted by atomic mass is 19.4. The van der Waals surface area contributed by atoms with Gasteiger partial charge in [0.25, 0.3) is 0 Å². The Morgan fingerprint density at radius 1 is 1.28 bits per heavy atom. The number of ether oxygens (including phenoxy) is 2. The fourth-order valence-electron chi connectivity index (χ4n) is 2.76. The third-order valence-electron chi connectivity index (χ3n) is 3.91. The van der Waals surface area contributed by atoms with E-state index in [4.69, 9.17) is 9.47 Å². The number of methoxy groups -OCH3 is 2. The molecule has 2 N–H and O–H groups in total. The van der Waals surface area contributed by atoms with Crippen LogP contribution in [0.3, 0.4) is 0 Å². The average molecular weight is 361 g/mol. The number of rotatable bonds is 6. The number of alkyl halides is 3. The molecule has 6 nitrogen and oxygen atoms in total. The Morgan fingerprint density at radius 2 is 2.00 bits per heavy atom. The van der Waals surface area contributed by atoms with E-state index in [2.05, 4.69) is 10.6 Å². The minimum Gasteiger partial charge on any atom is -0.493 e. The van der Waals surface area contributed by atoms with Crippen LogP contribution in [0.15, 0.2) is 18.2 Å². The lowest BCUT2D eigenvalue weighted by Crippen LogP contribution is -2.43. The highest BCUT2D eigenvalue weighted by Crippen LogP contribution is 2.27. The van der Waals surface area contributed by atoms with Crippen LogP contribution < -0.4 is 20.1 Å². The van der Waals surface area contributed by atoms with Crippen molar-refractivity contribution in [1.29, 1.82) is 0 Å². The minimum atomic E-state index is -4.22. The van der Waals surface area contributed by atoms with Crippen molar-refractivity contribution in [2.45, 2.75) is 25.2 Å². The summed E-state index contributed by atoms with van der Waals surface area (Å²) in [5.74, 6) is 1.15. The van der Waals surface area contributed by atoms with Crippen LogP contribution in [0.4, 0.5) is 18.0 Å². The Labute approximate surface area is 144 Å². The van der Waals surface area contributed by atoms with E-state index in [1.807, 2.05) is 0 Å². The van der Waals surface area contributed by atoms with Crippen molar-refractivity contribution in [2.24, 2.45) is 0 Å². The maximum Gasteiger partial charge on any atom is 0.401 e. The average Bonchev–Trinajstić information content (AvgIpc) is 2.97. The molecule has 0 aromatic heterocycles. The third-order valence-corrected chi connectivity index (χ3v) is 3.91. The molecule has 1 saturated heterocycles. The minimum absolute atomic E-state index is 0.198. The lowest BCUT2D eigenvalue weighted by atomic mass is 10.2. The second kappa shape index (κ2) is 8.28. The second-order valence-electron chi connectivity index (χ2n) is 5.85. The van der Waals surface area contributed by atoms with Crippen molar-refractivity contribution < 1.29 is 27.4 Å². The highest BCUT2D eigenvalue weighted by Gasteiger charge is 2.34. The molecule has 1 fully saturated rings. The molecule has 1 atom stereocenters. The molecular formula is C16H22F3N3O3. The van der Waals surface area contributed by atoms with Gasteiger partial charge in [0.2, 0.25) is 0 Å². The van der Waals surface area contributed by atoms with Crippen molar-refractivity contribution in [2.75, 3.05) is 33.9 Å². The van der Waals surface area contributed by atoms with Crippen LogP contribution in [0.1, 0.15) is 12.0 Å². The van der Waals surface area contributed by atoms with Crippen LogP contribution in [0.5, 0.6) is 11.5 Å². The maximum absolute atomic E-state index is 12.4. The fraction of sp³-hybridized carbons (Fsp3) is 0.562. The van der Waals surface area contributed by atoms with E-state index in [9.17, 15) is 18.0 Å². The monoisotopic (exact) mass is 361 g/mol. The van der Waals surface area contributed by atoms with Gasteiger partial charge >= 0.3 is 12.2 Å². The summed E-state index contributed by atoms with van der Waals surface area (Å²) in [7, 11) is 3.06. The van der Waals surface area contributed by atoms with Crippen molar-refractivity contribution >= 4 is 6.03 Å². The summed E-state index contributed by atoms with van der Waals surface area (Å²) in [4.78, 5) is 13.2. The Bertz CT molecular complexity index is 596. The van der Waals surface area contributed by atoms with Crippen LogP contribution in [0, 0.1) is 0 Å². The van der Waals surface area contributed by atoms with Gasteiger partial charge in [-0.2, -0.15) is 13.2 Å². The lowest BCUT2D eigenvalue weighted by molar-refractivity contribution is -0.143. The Hall–Kier alpha value is -2.16. The molecule has 2 rings (SSSR count). The third kappa shape index (κ3) is 6.00. The predicted octanol–water partition coefficient (Wildman–Crippen LogP) is 2.14. The number of amides is 2. The summed E-state index contributed by atoms with van der Waals surface area (Å²) in [5, 5.41) is 5.39. The summed E-state index contributed by atoms with van der Waals surface area (Å²) in [6, 6.07) is 4.59. The number of nitrogens with zero attached hydrogens (tertiary/aromatic N) is 1. The summed E-state index contributed by atoms with van der Waals surface area (Å²) < 4.78 is 47.4. The van der Waals surface area contributed by atoms with Crippen LogP contribution in [-0.2, 0) is 6.54 Å². The Balaban J connectivity index is 1.78. The maximum atomic E-state index is 12.4. The number of benzene rings is 1. The molecule has 0 radical (unpaired) electrons. The van der Waals surface area contributed by atoms with Gasteiger partial charge in [0.15, 0.2) is 11.5 Å². The van der Waals surface area contributed by atoms with E-state index in [0.717, 1.165) is 5.56 Å². The molecule has 0 bridgehead atoms. The van der Waals surface area contributed by atoms with E-state index in [-0.39, 0.29) is 19.1 Å². The molecule has 1 unspecified atom stereocenters. The molecule has 140 valence electrons. The molecular weight excluding hydrogens is 339 g/mol. The number of urea groups is 1. The number of carbonyl (C=O) groups excluding carboxylic acids is 1. The first-order chi connectivity index (χ1) is 11.8. The second-order valence-corrected chi connectivity index (χ2v) is 5.85. The van der Waals surface area contributed by atoms with Crippen LogP contribution in [0.2, 0.25) is 0 Å². The van der Waals surface area contributed by atoms with E-state index in [0.29, 0.717) is 24.5 Å². The quantitative estimate of drug-likeness (QED) is 0.815. The van der Waals surface area contributed by atoms with Crippen molar-refractivity contribution in [3.05, 3.63) is 23.8 Å². The molecule has 1 aliphatic heterocycles. The number of likely N-dealkylation sites (tertiary alicyclic amines) is 1. The first-order valence-electron chi connectivity index (χ1n) is 7.85. The highest BCUT2D eigenvalue weighted by molar-refractivity contribution is 5.74. The smallest absolute Gasteiger partial charge is 0.401 e. The standard InChI is InChI=1S/C16H22F3N3O3/c1-24-13-4-3-11(7-14(13)25-2)8-20-15(23)21-12-5-6-22(9-12)10-16(17,18)19/h3-4,7,12H,5-6,8-10H2,1-2H3,(H2,20,21,23). The zero-order valence-electron chi connectivity index (χ0n) is 14.2. The van der Waals surface area contributed by atoms with Gasteiger partial charge in [0.05, 0.1) is 20.8 Å². The molecule has 0 aliphatic carbocycles. The van der Waals surface area contributed by atoms with E-state index >= 15 is 0 Å². The Morgan fingerprint density at radius 3 is 2.64 bits per heavy atom. The van der Waals surface area contributed by atoms with E-state index in [1.54, 1.807) is 18.2 Å². The van der Waals surface area contributed by atoms with Gasteiger partial charge in [0.1, 0.15) is 0 Å². The summed E-state index contributed by atoms with van der Waals surface area (Å²) >= 11 is 0. The summed E-state index contributed by atoms with van der Waals surface area (Å²) in [5.41, 5.74) is 0.818.